The third-order valence-electron chi connectivity index (χ3n) is 6.38. The lowest BCUT2D eigenvalue weighted by Gasteiger charge is -2.32. The Balaban J connectivity index is 1.40. The zero-order chi connectivity index (χ0) is 24.7. The summed E-state index contributed by atoms with van der Waals surface area (Å²) in [6.07, 6.45) is -0.618. The van der Waals surface area contributed by atoms with Crippen molar-refractivity contribution in [2.45, 2.75) is 58.0 Å². The number of halogens is 3. The number of unbranched alkanes of at least 4 members (excludes halogenated alkanes) is 1. The van der Waals surface area contributed by atoms with Gasteiger partial charge in [0, 0.05) is 23.6 Å². The van der Waals surface area contributed by atoms with Crippen LogP contribution >= 0.6 is 0 Å². The smallest absolute Gasteiger partial charge is 0.326 e. The van der Waals surface area contributed by atoms with E-state index in [2.05, 4.69) is 22.3 Å². The van der Waals surface area contributed by atoms with Crippen molar-refractivity contribution in [1.29, 1.82) is 0 Å². The number of nitrogens with one attached hydrogen (secondary N) is 1. The summed E-state index contributed by atoms with van der Waals surface area (Å²) in [6.45, 7) is 6.56. The Morgan fingerprint density at radius 1 is 1.03 bits per heavy atom. The van der Waals surface area contributed by atoms with E-state index in [0.29, 0.717) is 12.3 Å². The molecule has 0 atom stereocenters. The monoisotopic (exact) mass is 474 g/mol. The minimum absolute atomic E-state index is 0.0125. The van der Waals surface area contributed by atoms with Gasteiger partial charge in [-0.25, -0.2) is 0 Å². The molecule has 1 saturated heterocycles. The zero-order valence-electron chi connectivity index (χ0n) is 19.8. The molecule has 0 bridgehead atoms. The number of carbonyl (C=O) groups is 2. The quantitative estimate of drug-likeness (QED) is 0.332. The lowest BCUT2D eigenvalue weighted by atomic mass is 9.89. The molecule has 1 amide bonds. The Labute approximate surface area is 199 Å². The van der Waals surface area contributed by atoms with E-state index >= 15 is 0 Å². The van der Waals surface area contributed by atoms with Crippen LogP contribution in [0.3, 0.4) is 0 Å². The SMILES string of the molecule is CC(C)C(=O)Nc1cccc(C2CCN(CCCCC(=O)c3cccc(C(F)(F)F)c3)CC2)c1. The Morgan fingerprint density at radius 2 is 1.74 bits per heavy atom. The molecule has 2 aromatic carbocycles. The van der Waals surface area contributed by atoms with Gasteiger partial charge in [-0.15, -0.1) is 0 Å². The van der Waals surface area contributed by atoms with Crippen LogP contribution in [0.25, 0.3) is 0 Å². The highest BCUT2D eigenvalue weighted by Crippen LogP contribution is 2.31. The van der Waals surface area contributed by atoms with E-state index in [1.165, 1.54) is 17.7 Å². The molecule has 0 aliphatic carbocycles. The van der Waals surface area contributed by atoms with Crippen LogP contribution in [0.1, 0.15) is 73.4 Å². The first kappa shape index (κ1) is 25.9. The van der Waals surface area contributed by atoms with Crippen LogP contribution in [-0.4, -0.2) is 36.2 Å². The molecule has 0 aromatic heterocycles. The molecule has 0 spiro atoms. The number of hydrogen-bond acceptors (Lipinski definition) is 3. The molecule has 1 aliphatic heterocycles. The highest BCUT2D eigenvalue weighted by Gasteiger charge is 2.30. The molecule has 7 heteroatoms. The fraction of sp³-hybridized carbons (Fsp3) is 0.481. The number of nitrogens with zero attached hydrogens (tertiary/aromatic N) is 1. The topological polar surface area (TPSA) is 49.4 Å². The maximum atomic E-state index is 12.8. The van der Waals surface area contributed by atoms with Gasteiger partial charge in [0.25, 0.3) is 0 Å². The van der Waals surface area contributed by atoms with Gasteiger partial charge in [-0.1, -0.05) is 38.1 Å². The standard InChI is InChI=1S/C27H33F3N2O2/c1-19(2)26(34)31-24-10-6-7-21(18-24)20-12-15-32(16-13-20)14-4-3-11-25(33)22-8-5-9-23(17-22)27(28,29)30/h5-10,17-20H,3-4,11-16H2,1-2H3,(H,31,34). The molecule has 1 fully saturated rings. The van der Waals surface area contributed by atoms with Crippen LogP contribution in [-0.2, 0) is 11.0 Å². The maximum absolute atomic E-state index is 12.8. The van der Waals surface area contributed by atoms with Crippen LogP contribution in [0.2, 0.25) is 0 Å². The van der Waals surface area contributed by atoms with Gasteiger partial charge in [-0.2, -0.15) is 13.2 Å². The van der Waals surface area contributed by atoms with Crippen LogP contribution in [0, 0.1) is 5.92 Å². The van der Waals surface area contributed by atoms with Gasteiger partial charge in [0.2, 0.25) is 5.91 Å². The Bertz CT molecular complexity index is 980. The van der Waals surface area contributed by atoms with Crippen LogP contribution in [0.15, 0.2) is 48.5 Å². The summed E-state index contributed by atoms with van der Waals surface area (Å²) in [7, 11) is 0. The maximum Gasteiger partial charge on any atom is 0.416 e. The summed E-state index contributed by atoms with van der Waals surface area (Å²) in [5.74, 6) is 0.162. The number of likely N-dealkylation sites (tertiary alicyclic amines) is 1. The van der Waals surface area contributed by atoms with Crippen LogP contribution in [0.5, 0.6) is 0 Å². The number of carbonyl (C=O) groups excluding carboxylic acids is 2. The first-order valence-electron chi connectivity index (χ1n) is 12.0. The Morgan fingerprint density at radius 3 is 2.41 bits per heavy atom. The normalized spacial score (nSPS) is 15.5. The van der Waals surface area contributed by atoms with E-state index in [0.717, 1.165) is 56.7 Å². The van der Waals surface area contributed by atoms with E-state index < -0.39 is 11.7 Å². The van der Waals surface area contributed by atoms with Gasteiger partial charge in [-0.05, 0) is 81.1 Å². The molecule has 184 valence electrons. The molecule has 1 N–H and O–H groups in total. The number of ketones is 1. The Kier molecular flexibility index (Phi) is 8.89. The highest BCUT2D eigenvalue weighted by atomic mass is 19.4. The lowest BCUT2D eigenvalue weighted by molar-refractivity contribution is -0.137. The average Bonchev–Trinajstić information content (AvgIpc) is 2.81. The van der Waals surface area contributed by atoms with Crippen molar-refractivity contribution in [3.8, 4) is 0 Å². The van der Waals surface area contributed by atoms with E-state index in [4.69, 9.17) is 0 Å². The average molecular weight is 475 g/mol. The second-order valence-corrected chi connectivity index (χ2v) is 9.34. The molecular weight excluding hydrogens is 441 g/mol. The van der Waals surface area contributed by atoms with Crippen molar-refractivity contribution in [1.82, 2.24) is 4.90 Å². The molecule has 2 aromatic rings. The molecule has 1 heterocycles. The summed E-state index contributed by atoms with van der Waals surface area (Å²) < 4.78 is 38.5. The van der Waals surface area contributed by atoms with Gasteiger partial charge >= 0.3 is 6.18 Å². The first-order valence-corrected chi connectivity index (χ1v) is 12.0. The number of alkyl halides is 3. The fourth-order valence-corrected chi connectivity index (χ4v) is 4.28. The highest BCUT2D eigenvalue weighted by molar-refractivity contribution is 5.96. The zero-order valence-corrected chi connectivity index (χ0v) is 19.8. The van der Waals surface area contributed by atoms with Crippen LogP contribution < -0.4 is 5.32 Å². The van der Waals surface area contributed by atoms with Gasteiger partial charge in [0.1, 0.15) is 0 Å². The number of benzene rings is 2. The molecule has 0 radical (unpaired) electrons. The minimum Gasteiger partial charge on any atom is -0.326 e. The van der Waals surface area contributed by atoms with E-state index in [1.807, 2.05) is 26.0 Å². The molecule has 0 unspecified atom stereocenters. The molecule has 34 heavy (non-hydrogen) atoms. The van der Waals surface area contributed by atoms with Crippen molar-refractivity contribution in [3.63, 3.8) is 0 Å². The number of hydrogen-bond donors (Lipinski definition) is 1. The summed E-state index contributed by atoms with van der Waals surface area (Å²) in [4.78, 5) is 26.6. The minimum atomic E-state index is -4.44. The van der Waals surface area contributed by atoms with Crippen molar-refractivity contribution >= 4 is 17.4 Å². The second-order valence-electron chi connectivity index (χ2n) is 9.34. The fourth-order valence-electron chi connectivity index (χ4n) is 4.28. The van der Waals surface area contributed by atoms with Crippen molar-refractivity contribution in [2.24, 2.45) is 5.92 Å². The first-order chi connectivity index (χ1) is 16.1. The lowest BCUT2D eigenvalue weighted by Crippen LogP contribution is -2.33. The van der Waals surface area contributed by atoms with Gasteiger partial charge < -0.3 is 10.2 Å². The van der Waals surface area contributed by atoms with Crippen molar-refractivity contribution in [3.05, 3.63) is 65.2 Å². The van der Waals surface area contributed by atoms with Crippen molar-refractivity contribution in [2.75, 3.05) is 25.0 Å². The summed E-state index contributed by atoms with van der Waals surface area (Å²) in [6, 6.07) is 12.7. The molecule has 0 saturated carbocycles. The third-order valence-corrected chi connectivity index (χ3v) is 6.38. The summed E-state index contributed by atoms with van der Waals surface area (Å²) in [5.41, 5.74) is 1.42. The number of amides is 1. The largest absolute Gasteiger partial charge is 0.416 e. The van der Waals surface area contributed by atoms with Gasteiger partial charge in [0.15, 0.2) is 5.78 Å². The van der Waals surface area contributed by atoms with Crippen molar-refractivity contribution < 1.29 is 22.8 Å². The van der Waals surface area contributed by atoms with Gasteiger partial charge in [-0.3, -0.25) is 9.59 Å². The Hall–Kier alpha value is -2.67. The summed E-state index contributed by atoms with van der Waals surface area (Å²) >= 11 is 0. The molecule has 3 rings (SSSR count). The number of piperidine rings is 1. The molecule has 4 nitrogen and oxygen atoms in total. The van der Waals surface area contributed by atoms with E-state index in [9.17, 15) is 22.8 Å². The number of rotatable bonds is 9. The van der Waals surface area contributed by atoms with Gasteiger partial charge in [0.05, 0.1) is 5.56 Å². The predicted octanol–water partition coefficient (Wildman–Crippen LogP) is 6.53. The predicted molar refractivity (Wildman–Crippen MR) is 128 cm³/mol. The summed E-state index contributed by atoms with van der Waals surface area (Å²) in [5, 5.41) is 2.96. The number of Topliss-reactive ketones (excluding diaryl/α,β-unsaturated/α-hetero) is 1. The van der Waals surface area contributed by atoms with E-state index in [-0.39, 0.29) is 29.6 Å². The van der Waals surface area contributed by atoms with E-state index in [1.54, 1.807) is 0 Å². The molecule has 1 aliphatic rings. The molecular formula is C27H33F3N2O2. The second kappa shape index (κ2) is 11.6. The third kappa shape index (κ3) is 7.42. The van der Waals surface area contributed by atoms with Crippen LogP contribution in [0.4, 0.5) is 18.9 Å². The number of anilines is 1.